The lowest BCUT2D eigenvalue weighted by molar-refractivity contribution is 0.0982. The summed E-state index contributed by atoms with van der Waals surface area (Å²) < 4.78 is 5.63. The molecule has 2 N–H and O–H groups in total. The summed E-state index contributed by atoms with van der Waals surface area (Å²) in [7, 11) is 0. The number of rotatable bonds is 1. The topological polar surface area (TPSA) is 81.3 Å². The van der Waals surface area contributed by atoms with Gasteiger partial charge in [0.25, 0.3) is 5.91 Å². The highest BCUT2D eigenvalue weighted by Crippen LogP contribution is 2.31. The van der Waals surface area contributed by atoms with Crippen molar-refractivity contribution in [3.8, 4) is 5.75 Å². The Balaban J connectivity index is 1.97. The fourth-order valence-corrected chi connectivity index (χ4v) is 2.13. The molecule has 6 heteroatoms. The van der Waals surface area contributed by atoms with Crippen molar-refractivity contribution in [1.29, 1.82) is 0 Å². The summed E-state index contributed by atoms with van der Waals surface area (Å²) in [5.41, 5.74) is 6.52. The van der Waals surface area contributed by atoms with Crippen LogP contribution in [0.4, 0.5) is 11.5 Å². The Kier molecular flexibility index (Phi) is 3.20. The molecule has 20 heavy (non-hydrogen) atoms. The molecular formula is C14H14N4O2. The minimum Gasteiger partial charge on any atom is -0.491 e. The zero-order chi connectivity index (χ0) is 13.9. The number of benzene rings is 1. The Morgan fingerprint density at radius 1 is 1.25 bits per heavy atom. The first-order valence-electron chi connectivity index (χ1n) is 6.37. The molecule has 2 heterocycles. The number of para-hydroxylation sites is 2. The van der Waals surface area contributed by atoms with Crippen LogP contribution in [0.25, 0.3) is 0 Å². The van der Waals surface area contributed by atoms with Crippen LogP contribution in [0, 0.1) is 0 Å². The highest BCUT2D eigenvalue weighted by molar-refractivity contribution is 6.05. The molecular weight excluding hydrogens is 256 g/mol. The van der Waals surface area contributed by atoms with E-state index in [9.17, 15) is 4.79 Å². The minimum atomic E-state index is -0.199. The van der Waals surface area contributed by atoms with E-state index >= 15 is 0 Å². The predicted molar refractivity (Wildman–Crippen MR) is 74.7 cm³/mol. The summed E-state index contributed by atoms with van der Waals surface area (Å²) >= 11 is 0. The van der Waals surface area contributed by atoms with Gasteiger partial charge in [0.2, 0.25) is 0 Å². The van der Waals surface area contributed by atoms with E-state index in [0.717, 1.165) is 12.1 Å². The summed E-state index contributed by atoms with van der Waals surface area (Å²) in [6, 6.07) is 7.48. The monoisotopic (exact) mass is 270 g/mol. The molecule has 0 bridgehead atoms. The molecule has 0 atom stereocenters. The zero-order valence-electron chi connectivity index (χ0n) is 10.8. The van der Waals surface area contributed by atoms with Crippen molar-refractivity contribution < 1.29 is 9.53 Å². The summed E-state index contributed by atoms with van der Waals surface area (Å²) in [6.45, 7) is 1.18. The van der Waals surface area contributed by atoms with E-state index in [4.69, 9.17) is 10.5 Å². The molecule has 0 aliphatic carbocycles. The maximum atomic E-state index is 12.6. The Bertz CT molecular complexity index is 627. The van der Waals surface area contributed by atoms with Crippen molar-refractivity contribution in [2.24, 2.45) is 0 Å². The molecule has 1 aromatic carbocycles. The number of carbonyl (C=O) groups excluding carboxylic acids is 1. The maximum Gasteiger partial charge on any atom is 0.278 e. The van der Waals surface area contributed by atoms with Gasteiger partial charge in [-0.2, -0.15) is 0 Å². The van der Waals surface area contributed by atoms with E-state index in [-0.39, 0.29) is 11.6 Å². The van der Waals surface area contributed by atoms with Gasteiger partial charge in [-0.15, -0.1) is 0 Å². The second-order valence-electron chi connectivity index (χ2n) is 4.45. The third-order valence-corrected chi connectivity index (χ3v) is 3.08. The number of nitrogens with zero attached hydrogens (tertiary/aromatic N) is 3. The summed E-state index contributed by atoms with van der Waals surface area (Å²) in [5.74, 6) is 0.804. The predicted octanol–water partition coefficient (Wildman–Crippen LogP) is 1.49. The molecule has 6 nitrogen and oxygen atoms in total. The molecule has 1 aromatic heterocycles. The number of carbonyl (C=O) groups is 1. The maximum absolute atomic E-state index is 12.6. The molecule has 1 amide bonds. The van der Waals surface area contributed by atoms with E-state index in [2.05, 4.69) is 9.97 Å². The van der Waals surface area contributed by atoms with Gasteiger partial charge in [0.05, 0.1) is 24.7 Å². The molecule has 3 rings (SSSR count). The highest BCUT2D eigenvalue weighted by atomic mass is 16.5. The van der Waals surface area contributed by atoms with E-state index in [0.29, 0.717) is 24.7 Å². The Morgan fingerprint density at radius 3 is 2.90 bits per heavy atom. The second kappa shape index (κ2) is 5.16. The first-order chi connectivity index (χ1) is 9.75. The minimum absolute atomic E-state index is 0.199. The first-order valence-corrected chi connectivity index (χ1v) is 6.37. The molecule has 2 aromatic rings. The van der Waals surface area contributed by atoms with Gasteiger partial charge >= 0.3 is 0 Å². The van der Waals surface area contributed by atoms with E-state index in [1.165, 1.54) is 12.4 Å². The number of fused-ring (bicyclic) bond motifs is 1. The number of hydrogen-bond acceptors (Lipinski definition) is 5. The van der Waals surface area contributed by atoms with Crippen molar-refractivity contribution in [3.63, 3.8) is 0 Å². The van der Waals surface area contributed by atoms with Gasteiger partial charge in [-0.3, -0.25) is 4.79 Å². The molecule has 1 aliphatic rings. The zero-order valence-corrected chi connectivity index (χ0v) is 10.8. The third kappa shape index (κ3) is 2.27. The van der Waals surface area contributed by atoms with Crippen LogP contribution < -0.4 is 15.4 Å². The average molecular weight is 270 g/mol. The van der Waals surface area contributed by atoms with Gasteiger partial charge in [0.15, 0.2) is 0 Å². The van der Waals surface area contributed by atoms with Gasteiger partial charge < -0.3 is 15.4 Å². The molecule has 0 radical (unpaired) electrons. The van der Waals surface area contributed by atoms with Crippen molar-refractivity contribution in [1.82, 2.24) is 9.97 Å². The number of nitrogens with two attached hydrogens (primary N) is 1. The second-order valence-corrected chi connectivity index (χ2v) is 4.45. The molecule has 0 fully saturated rings. The fourth-order valence-electron chi connectivity index (χ4n) is 2.13. The highest BCUT2D eigenvalue weighted by Gasteiger charge is 2.23. The van der Waals surface area contributed by atoms with Crippen LogP contribution in [0.15, 0.2) is 36.7 Å². The number of ether oxygens (including phenoxy) is 1. The third-order valence-electron chi connectivity index (χ3n) is 3.08. The Hall–Kier alpha value is -2.63. The SMILES string of the molecule is Nc1cnc(C(=O)N2CCCOc3ccccc32)cn1. The van der Waals surface area contributed by atoms with Crippen LogP contribution in [0.5, 0.6) is 5.75 Å². The lowest BCUT2D eigenvalue weighted by Gasteiger charge is -2.21. The number of nitrogen functional groups attached to an aromatic ring is 1. The largest absolute Gasteiger partial charge is 0.491 e. The lowest BCUT2D eigenvalue weighted by atomic mass is 10.2. The van der Waals surface area contributed by atoms with E-state index in [1.54, 1.807) is 4.90 Å². The number of aromatic nitrogens is 2. The Morgan fingerprint density at radius 2 is 2.10 bits per heavy atom. The van der Waals surface area contributed by atoms with Gasteiger partial charge in [0, 0.05) is 6.54 Å². The van der Waals surface area contributed by atoms with Crippen molar-refractivity contribution in [2.75, 3.05) is 23.8 Å². The molecule has 0 saturated carbocycles. The van der Waals surface area contributed by atoms with Gasteiger partial charge in [-0.1, -0.05) is 12.1 Å². The number of hydrogen-bond donors (Lipinski definition) is 1. The number of amides is 1. The van der Waals surface area contributed by atoms with Crippen LogP contribution in [0.3, 0.4) is 0 Å². The summed E-state index contributed by atoms with van der Waals surface area (Å²) in [4.78, 5) is 22.2. The molecule has 0 saturated heterocycles. The van der Waals surface area contributed by atoms with Gasteiger partial charge in [-0.05, 0) is 18.6 Å². The standard InChI is InChI=1S/C14H14N4O2/c15-13-9-16-10(8-17-13)14(19)18-6-3-7-20-12-5-2-1-4-11(12)18/h1-2,4-5,8-9H,3,6-7H2,(H2,15,17). The molecule has 1 aliphatic heterocycles. The van der Waals surface area contributed by atoms with E-state index < -0.39 is 0 Å². The van der Waals surface area contributed by atoms with Crippen LogP contribution in [-0.4, -0.2) is 29.0 Å². The summed E-state index contributed by atoms with van der Waals surface area (Å²) in [5, 5.41) is 0. The Labute approximate surface area is 116 Å². The van der Waals surface area contributed by atoms with Crippen LogP contribution in [-0.2, 0) is 0 Å². The van der Waals surface area contributed by atoms with Gasteiger partial charge in [-0.25, -0.2) is 9.97 Å². The molecule has 0 unspecified atom stereocenters. The summed E-state index contributed by atoms with van der Waals surface area (Å²) in [6.07, 6.45) is 3.54. The first kappa shape index (κ1) is 12.4. The lowest BCUT2D eigenvalue weighted by Crippen LogP contribution is -2.32. The van der Waals surface area contributed by atoms with Crippen LogP contribution >= 0.6 is 0 Å². The van der Waals surface area contributed by atoms with Crippen molar-refractivity contribution in [3.05, 3.63) is 42.4 Å². The molecule has 102 valence electrons. The van der Waals surface area contributed by atoms with Crippen molar-refractivity contribution >= 4 is 17.4 Å². The van der Waals surface area contributed by atoms with Gasteiger partial charge in [0.1, 0.15) is 17.3 Å². The quantitative estimate of drug-likeness (QED) is 0.849. The fraction of sp³-hybridized carbons (Fsp3) is 0.214. The average Bonchev–Trinajstić information content (AvgIpc) is 2.69. The normalized spacial score (nSPS) is 14.1. The van der Waals surface area contributed by atoms with E-state index in [1.807, 2.05) is 24.3 Å². The van der Waals surface area contributed by atoms with Crippen LogP contribution in [0.1, 0.15) is 16.9 Å². The molecule has 0 spiro atoms. The van der Waals surface area contributed by atoms with Crippen molar-refractivity contribution in [2.45, 2.75) is 6.42 Å². The smallest absolute Gasteiger partial charge is 0.278 e. The number of anilines is 2. The van der Waals surface area contributed by atoms with Crippen LogP contribution in [0.2, 0.25) is 0 Å².